The Morgan fingerprint density at radius 2 is 2.00 bits per heavy atom. The molecule has 0 aliphatic rings. The van der Waals surface area contributed by atoms with Gasteiger partial charge in [0.15, 0.2) is 5.78 Å². The molecule has 2 nitrogen and oxygen atoms in total. The molecule has 0 amide bonds. The molecular weight excluding hydrogens is 209 g/mol. The number of benzene rings is 1. The Balaban J connectivity index is 0.00000144. The van der Waals surface area contributed by atoms with Gasteiger partial charge < -0.3 is 5.73 Å². The van der Waals surface area contributed by atoms with E-state index >= 15 is 0 Å². The number of hydrogen-bond acceptors (Lipinski definition) is 2. The van der Waals surface area contributed by atoms with Crippen LogP contribution in [0.5, 0.6) is 0 Å². The van der Waals surface area contributed by atoms with Crippen molar-refractivity contribution < 1.29 is 4.79 Å². The molecular formula is C9H11Cl2NO. The minimum absolute atomic E-state index is 0. The second-order valence-corrected chi connectivity index (χ2v) is 2.92. The van der Waals surface area contributed by atoms with E-state index in [0.29, 0.717) is 11.4 Å². The molecule has 72 valence electrons. The lowest BCUT2D eigenvalue weighted by molar-refractivity contribution is -0.117. The third-order valence-corrected chi connectivity index (χ3v) is 1.94. The van der Waals surface area contributed by atoms with E-state index in [0.717, 1.165) is 5.56 Å². The van der Waals surface area contributed by atoms with Crippen LogP contribution in [0.3, 0.4) is 0 Å². The highest BCUT2D eigenvalue weighted by Gasteiger charge is 2.03. The molecule has 0 unspecified atom stereocenters. The predicted octanol–water partition coefficient (Wildman–Crippen LogP) is 1.83. The normalized spacial score (nSPS) is 9.08. The molecule has 0 saturated carbocycles. The number of carbonyl (C=O) groups excluding carboxylic acids is 1. The summed E-state index contributed by atoms with van der Waals surface area (Å²) >= 11 is 5.83. The first-order valence-electron chi connectivity index (χ1n) is 3.69. The van der Waals surface area contributed by atoms with Gasteiger partial charge in [-0.05, 0) is 11.6 Å². The summed E-state index contributed by atoms with van der Waals surface area (Å²) in [5.74, 6) is 0.00287. The van der Waals surface area contributed by atoms with Gasteiger partial charge in [-0.25, -0.2) is 0 Å². The lowest BCUT2D eigenvalue weighted by Gasteiger charge is -2.00. The van der Waals surface area contributed by atoms with Crippen LogP contribution in [0.15, 0.2) is 24.3 Å². The van der Waals surface area contributed by atoms with E-state index in [1.165, 1.54) is 0 Å². The highest BCUT2D eigenvalue weighted by atomic mass is 35.5. The van der Waals surface area contributed by atoms with Crippen LogP contribution in [0.25, 0.3) is 0 Å². The van der Waals surface area contributed by atoms with E-state index in [4.69, 9.17) is 17.3 Å². The molecule has 0 heterocycles. The van der Waals surface area contributed by atoms with E-state index in [9.17, 15) is 4.79 Å². The van der Waals surface area contributed by atoms with Crippen LogP contribution in [0, 0.1) is 0 Å². The van der Waals surface area contributed by atoms with Gasteiger partial charge in [0.1, 0.15) is 0 Å². The van der Waals surface area contributed by atoms with E-state index < -0.39 is 0 Å². The molecule has 0 atom stereocenters. The average molecular weight is 220 g/mol. The Kier molecular flexibility index (Phi) is 5.71. The topological polar surface area (TPSA) is 43.1 Å². The lowest BCUT2D eigenvalue weighted by atomic mass is 10.1. The summed E-state index contributed by atoms with van der Waals surface area (Å²) in [6.07, 6.45) is 0.330. The highest BCUT2D eigenvalue weighted by Crippen LogP contribution is 2.15. The number of ketones is 1. The molecule has 0 radical (unpaired) electrons. The summed E-state index contributed by atoms with van der Waals surface area (Å²) < 4.78 is 0. The SMILES string of the molecule is Cl.NCC(=O)Cc1ccccc1Cl. The summed E-state index contributed by atoms with van der Waals surface area (Å²) in [5, 5.41) is 0.624. The van der Waals surface area contributed by atoms with Crippen molar-refractivity contribution in [3.05, 3.63) is 34.9 Å². The molecule has 0 bridgehead atoms. The Morgan fingerprint density at radius 3 is 2.54 bits per heavy atom. The smallest absolute Gasteiger partial charge is 0.150 e. The van der Waals surface area contributed by atoms with Gasteiger partial charge in [-0.3, -0.25) is 4.79 Å². The molecule has 0 aliphatic heterocycles. The first kappa shape index (κ1) is 12.4. The van der Waals surface area contributed by atoms with Crippen molar-refractivity contribution in [2.24, 2.45) is 5.73 Å². The molecule has 4 heteroatoms. The maximum Gasteiger partial charge on any atom is 0.150 e. The maximum atomic E-state index is 10.9. The minimum atomic E-state index is 0. The lowest BCUT2D eigenvalue weighted by Crippen LogP contribution is -2.15. The number of Topliss-reactive ketones (excluding diaryl/α,β-unsaturated/α-hetero) is 1. The van der Waals surface area contributed by atoms with Crippen LogP contribution >= 0.6 is 24.0 Å². The molecule has 0 spiro atoms. The molecule has 0 fully saturated rings. The number of hydrogen-bond donors (Lipinski definition) is 1. The first-order valence-corrected chi connectivity index (χ1v) is 4.07. The Bertz CT molecular complexity index is 289. The number of rotatable bonds is 3. The van der Waals surface area contributed by atoms with Gasteiger partial charge in [0.2, 0.25) is 0 Å². The van der Waals surface area contributed by atoms with Crippen LogP contribution in [0.2, 0.25) is 5.02 Å². The number of nitrogens with two attached hydrogens (primary N) is 1. The quantitative estimate of drug-likeness (QED) is 0.844. The fourth-order valence-corrected chi connectivity index (χ4v) is 1.13. The zero-order chi connectivity index (χ0) is 8.97. The van der Waals surface area contributed by atoms with Crippen molar-refractivity contribution in [1.82, 2.24) is 0 Å². The standard InChI is InChI=1S/C9H10ClNO.ClH/c10-9-4-2-1-3-7(9)5-8(12)6-11;/h1-4H,5-6,11H2;1H. The van der Waals surface area contributed by atoms with Gasteiger partial charge in [0.25, 0.3) is 0 Å². The number of halogens is 2. The van der Waals surface area contributed by atoms with Crippen molar-refractivity contribution in [2.45, 2.75) is 6.42 Å². The minimum Gasteiger partial charge on any atom is -0.324 e. The van der Waals surface area contributed by atoms with Crippen LogP contribution in [0.1, 0.15) is 5.56 Å². The molecule has 1 rings (SSSR count). The molecule has 1 aromatic rings. The Morgan fingerprint density at radius 1 is 1.38 bits per heavy atom. The summed E-state index contributed by atoms with van der Waals surface area (Å²) in [6, 6.07) is 7.28. The second-order valence-electron chi connectivity index (χ2n) is 2.51. The van der Waals surface area contributed by atoms with Gasteiger partial charge in [-0.1, -0.05) is 29.8 Å². The van der Waals surface area contributed by atoms with Crippen molar-refractivity contribution in [2.75, 3.05) is 6.54 Å². The summed E-state index contributed by atoms with van der Waals surface area (Å²) in [4.78, 5) is 10.9. The van der Waals surface area contributed by atoms with Crippen molar-refractivity contribution in [1.29, 1.82) is 0 Å². The molecule has 0 aliphatic carbocycles. The van der Waals surface area contributed by atoms with Crippen LogP contribution in [0.4, 0.5) is 0 Å². The molecule has 2 N–H and O–H groups in total. The van der Waals surface area contributed by atoms with Crippen LogP contribution < -0.4 is 5.73 Å². The van der Waals surface area contributed by atoms with E-state index in [2.05, 4.69) is 0 Å². The van der Waals surface area contributed by atoms with Crippen LogP contribution in [-0.4, -0.2) is 12.3 Å². The largest absolute Gasteiger partial charge is 0.324 e. The molecule has 13 heavy (non-hydrogen) atoms. The first-order chi connectivity index (χ1) is 5.74. The Labute approximate surface area is 88.5 Å². The van der Waals surface area contributed by atoms with Crippen LogP contribution in [-0.2, 0) is 11.2 Å². The monoisotopic (exact) mass is 219 g/mol. The molecule has 0 aromatic heterocycles. The second kappa shape index (κ2) is 5.97. The fraction of sp³-hybridized carbons (Fsp3) is 0.222. The zero-order valence-electron chi connectivity index (χ0n) is 7.00. The van der Waals surface area contributed by atoms with E-state index in [-0.39, 0.29) is 24.7 Å². The van der Waals surface area contributed by atoms with Crippen molar-refractivity contribution in [3.63, 3.8) is 0 Å². The predicted molar refractivity (Wildman–Crippen MR) is 56.5 cm³/mol. The van der Waals surface area contributed by atoms with Gasteiger partial charge in [0, 0.05) is 11.4 Å². The van der Waals surface area contributed by atoms with Crippen molar-refractivity contribution >= 4 is 29.8 Å². The van der Waals surface area contributed by atoms with Gasteiger partial charge in [-0.15, -0.1) is 12.4 Å². The molecule has 1 aromatic carbocycles. The summed E-state index contributed by atoms with van der Waals surface area (Å²) in [5.41, 5.74) is 6.02. The van der Waals surface area contributed by atoms with E-state index in [1.54, 1.807) is 6.07 Å². The van der Waals surface area contributed by atoms with Gasteiger partial charge in [-0.2, -0.15) is 0 Å². The average Bonchev–Trinajstić information content (AvgIpc) is 2.09. The Hall–Kier alpha value is -0.570. The molecule has 0 saturated heterocycles. The highest BCUT2D eigenvalue weighted by molar-refractivity contribution is 6.31. The summed E-state index contributed by atoms with van der Waals surface area (Å²) in [6.45, 7) is 0.0746. The zero-order valence-corrected chi connectivity index (χ0v) is 8.57. The third kappa shape index (κ3) is 3.77. The van der Waals surface area contributed by atoms with Gasteiger partial charge in [0.05, 0.1) is 6.54 Å². The maximum absolute atomic E-state index is 10.9. The number of carbonyl (C=O) groups is 1. The van der Waals surface area contributed by atoms with Crippen molar-refractivity contribution in [3.8, 4) is 0 Å². The fourth-order valence-electron chi connectivity index (χ4n) is 0.926. The summed E-state index contributed by atoms with van der Waals surface area (Å²) in [7, 11) is 0. The van der Waals surface area contributed by atoms with E-state index in [1.807, 2.05) is 18.2 Å². The third-order valence-electron chi connectivity index (χ3n) is 1.57. The van der Waals surface area contributed by atoms with Gasteiger partial charge >= 0.3 is 0 Å².